The molecular weight excluding hydrogens is 311 g/mol. The zero-order valence-electron chi connectivity index (χ0n) is 9.84. The molecule has 0 saturated carbocycles. The van der Waals surface area contributed by atoms with E-state index in [-0.39, 0.29) is 25.4 Å². The van der Waals surface area contributed by atoms with Crippen molar-refractivity contribution in [2.75, 3.05) is 6.54 Å². The molecule has 0 bridgehead atoms. The van der Waals surface area contributed by atoms with Crippen molar-refractivity contribution in [1.29, 1.82) is 0 Å². The number of halogens is 2. The summed E-state index contributed by atoms with van der Waals surface area (Å²) in [6, 6.07) is 5.11. The Hall–Kier alpha value is -0.820. The maximum Gasteiger partial charge on any atom is 0.224 e. The number of amides is 1. The summed E-state index contributed by atoms with van der Waals surface area (Å²) in [6.07, 6.45) is -0.0863. The molecule has 19 heavy (non-hydrogen) atoms. The number of benzene rings is 1. The van der Waals surface area contributed by atoms with Gasteiger partial charge in [-0.25, -0.2) is 13.6 Å². The van der Waals surface area contributed by atoms with E-state index in [0.717, 1.165) is 0 Å². The van der Waals surface area contributed by atoms with Gasteiger partial charge in [0, 0.05) is 19.5 Å². The predicted molar refractivity (Wildman–Crippen MR) is 73.4 cm³/mol. The van der Waals surface area contributed by atoms with Gasteiger partial charge in [0.2, 0.25) is 15.9 Å². The first-order chi connectivity index (χ1) is 8.79. The highest BCUT2D eigenvalue weighted by Crippen LogP contribution is 2.28. The minimum Gasteiger partial charge on any atom is -0.337 e. The highest BCUT2D eigenvalue weighted by molar-refractivity contribution is 7.89. The molecule has 0 spiro atoms. The fourth-order valence-electron chi connectivity index (χ4n) is 1.99. The molecule has 2 N–H and O–H groups in total. The molecule has 1 heterocycles. The Morgan fingerprint density at radius 3 is 2.63 bits per heavy atom. The van der Waals surface area contributed by atoms with Crippen molar-refractivity contribution >= 4 is 39.1 Å². The number of hydrogen-bond acceptors (Lipinski definition) is 3. The molecule has 8 heteroatoms. The van der Waals surface area contributed by atoms with Crippen LogP contribution in [0.15, 0.2) is 18.2 Å². The van der Waals surface area contributed by atoms with E-state index in [1.807, 2.05) is 0 Å². The lowest BCUT2D eigenvalue weighted by molar-refractivity contribution is -0.128. The predicted octanol–water partition coefficient (Wildman–Crippen LogP) is 1.38. The zero-order valence-corrected chi connectivity index (χ0v) is 12.2. The second-order valence-electron chi connectivity index (χ2n) is 4.40. The normalized spacial score (nSPS) is 20.1. The number of carbonyl (C=O) groups excluding carboxylic acids is 1. The summed E-state index contributed by atoms with van der Waals surface area (Å²) in [5, 5.41) is 4.98. The van der Waals surface area contributed by atoms with E-state index >= 15 is 0 Å². The summed E-state index contributed by atoms with van der Waals surface area (Å²) in [4.78, 5) is 13.2. The Bertz CT molecular complexity index is 618. The molecular formula is C11H12Cl2N2O3S. The minimum atomic E-state index is -3.70. The van der Waals surface area contributed by atoms with Gasteiger partial charge in [-0.3, -0.25) is 4.79 Å². The molecule has 5 nitrogen and oxygen atoms in total. The summed E-state index contributed by atoms with van der Waals surface area (Å²) in [6.45, 7) is 0.310. The van der Waals surface area contributed by atoms with Crippen LogP contribution >= 0.6 is 23.2 Å². The molecule has 1 aromatic carbocycles. The van der Waals surface area contributed by atoms with Crippen LogP contribution in [0, 0.1) is 0 Å². The topological polar surface area (TPSA) is 80.5 Å². The van der Waals surface area contributed by atoms with E-state index in [4.69, 9.17) is 28.3 Å². The average molecular weight is 323 g/mol. The summed E-state index contributed by atoms with van der Waals surface area (Å²) >= 11 is 11.9. The standard InChI is InChI=1S/C11H12Cl2N2O3S/c12-9-3-1-2-7(11(9)13)5-15-6-8(4-10(15)16)19(14,17)18/h1-3,8H,4-6H2,(H2,14,17,18). The molecule has 104 valence electrons. The third kappa shape index (κ3) is 3.20. The van der Waals surface area contributed by atoms with E-state index in [2.05, 4.69) is 0 Å². The highest BCUT2D eigenvalue weighted by atomic mass is 35.5. The van der Waals surface area contributed by atoms with Gasteiger partial charge >= 0.3 is 0 Å². The van der Waals surface area contributed by atoms with Gasteiger partial charge in [-0.05, 0) is 11.6 Å². The number of primary sulfonamides is 1. The van der Waals surface area contributed by atoms with Gasteiger partial charge in [0.1, 0.15) is 5.25 Å². The van der Waals surface area contributed by atoms with Crippen molar-refractivity contribution < 1.29 is 13.2 Å². The van der Waals surface area contributed by atoms with Crippen molar-refractivity contribution in [2.24, 2.45) is 5.14 Å². The third-order valence-electron chi connectivity index (χ3n) is 3.04. The van der Waals surface area contributed by atoms with Gasteiger partial charge in [0.25, 0.3) is 0 Å². The molecule has 0 radical (unpaired) electrons. The minimum absolute atomic E-state index is 0.0838. The molecule has 2 rings (SSSR count). The molecule has 1 aliphatic rings. The smallest absolute Gasteiger partial charge is 0.224 e. The Morgan fingerprint density at radius 1 is 1.37 bits per heavy atom. The summed E-state index contributed by atoms with van der Waals surface area (Å²) in [5.74, 6) is -0.255. The highest BCUT2D eigenvalue weighted by Gasteiger charge is 2.36. The van der Waals surface area contributed by atoms with Gasteiger partial charge in [-0.1, -0.05) is 35.3 Å². The van der Waals surface area contributed by atoms with Gasteiger partial charge in [-0.2, -0.15) is 0 Å². The van der Waals surface area contributed by atoms with Crippen molar-refractivity contribution in [3.05, 3.63) is 33.8 Å². The van der Waals surface area contributed by atoms with Gasteiger partial charge in [-0.15, -0.1) is 0 Å². The Kier molecular flexibility index (Phi) is 4.06. The fourth-order valence-corrected chi connectivity index (χ4v) is 3.13. The van der Waals surface area contributed by atoms with Crippen molar-refractivity contribution in [2.45, 2.75) is 18.2 Å². The van der Waals surface area contributed by atoms with Crippen LogP contribution in [-0.2, 0) is 21.4 Å². The first kappa shape index (κ1) is 14.6. The number of sulfonamides is 1. The van der Waals surface area contributed by atoms with Crippen molar-refractivity contribution in [1.82, 2.24) is 4.90 Å². The Morgan fingerprint density at radius 2 is 2.05 bits per heavy atom. The quantitative estimate of drug-likeness (QED) is 0.912. The number of rotatable bonds is 3. The lowest BCUT2D eigenvalue weighted by Crippen LogP contribution is -2.32. The molecule has 0 aromatic heterocycles. The van der Waals surface area contributed by atoms with Gasteiger partial charge in [0.15, 0.2) is 0 Å². The van der Waals surface area contributed by atoms with E-state index < -0.39 is 15.3 Å². The van der Waals surface area contributed by atoms with Crippen LogP contribution in [0.25, 0.3) is 0 Å². The van der Waals surface area contributed by atoms with Crippen LogP contribution < -0.4 is 5.14 Å². The molecule has 1 atom stereocenters. The van der Waals surface area contributed by atoms with E-state index in [0.29, 0.717) is 15.6 Å². The largest absolute Gasteiger partial charge is 0.337 e. The molecule has 1 saturated heterocycles. The third-order valence-corrected chi connectivity index (χ3v) is 5.14. The molecule has 1 aliphatic heterocycles. The zero-order chi connectivity index (χ0) is 14.2. The van der Waals surface area contributed by atoms with Gasteiger partial charge in [0.05, 0.1) is 10.0 Å². The molecule has 1 unspecified atom stereocenters. The molecule has 1 aromatic rings. The number of carbonyl (C=O) groups is 1. The van der Waals surface area contributed by atoms with Crippen LogP contribution in [0.3, 0.4) is 0 Å². The van der Waals surface area contributed by atoms with Crippen LogP contribution in [0.4, 0.5) is 0 Å². The SMILES string of the molecule is NS(=O)(=O)C1CC(=O)N(Cc2cccc(Cl)c2Cl)C1. The van der Waals surface area contributed by atoms with E-state index in [9.17, 15) is 13.2 Å². The van der Waals surface area contributed by atoms with Crippen molar-refractivity contribution in [3.8, 4) is 0 Å². The average Bonchev–Trinajstić information content (AvgIpc) is 2.67. The van der Waals surface area contributed by atoms with Crippen LogP contribution in [0.1, 0.15) is 12.0 Å². The van der Waals surface area contributed by atoms with Crippen LogP contribution in [0.5, 0.6) is 0 Å². The summed E-state index contributed by atoms with van der Waals surface area (Å²) in [7, 11) is -3.70. The number of nitrogens with zero attached hydrogens (tertiary/aromatic N) is 1. The lowest BCUT2D eigenvalue weighted by Gasteiger charge is -2.17. The summed E-state index contributed by atoms with van der Waals surface area (Å²) < 4.78 is 22.5. The number of hydrogen-bond donors (Lipinski definition) is 1. The lowest BCUT2D eigenvalue weighted by atomic mass is 10.2. The molecule has 1 fully saturated rings. The second-order valence-corrected chi connectivity index (χ2v) is 7.03. The van der Waals surface area contributed by atoms with Crippen molar-refractivity contribution in [3.63, 3.8) is 0 Å². The Labute approximate surface area is 121 Å². The monoisotopic (exact) mass is 322 g/mol. The second kappa shape index (κ2) is 5.28. The first-order valence-corrected chi connectivity index (χ1v) is 7.88. The van der Waals surface area contributed by atoms with Crippen LogP contribution in [0.2, 0.25) is 10.0 Å². The van der Waals surface area contributed by atoms with E-state index in [1.54, 1.807) is 18.2 Å². The molecule has 0 aliphatic carbocycles. The maximum atomic E-state index is 11.8. The van der Waals surface area contributed by atoms with Gasteiger partial charge < -0.3 is 4.90 Å². The molecule has 1 amide bonds. The Balaban J connectivity index is 2.17. The van der Waals surface area contributed by atoms with Crippen LogP contribution in [-0.4, -0.2) is 31.0 Å². The number of likely N-dealkylation sites (tertiary alicyclic amines) is 1. The number of nitrogens with two attached hydrogens (primary N) is 1. The first-order valence-electron chi connectivity index (χ1n) is 5.51. The fraction of sp³-hybridized carbons (Fsp3) is 0.364. The summed E-state index contributed by atoms with van der Waals surface area (Å²) in [5.41, 5.74) is 0.678. The maximum absolute atomic E-state index is 11.8. The van der Waals surface area contributed by atoms with E-state index in [1.165, 1.54) is 4.90 Å².